The van der Waals surface area contributed by atoms with Crippen molar-refractivity contribution in [2.24, 2.45) is 0 Å². The normalized spacial score (nSPS) is 10.3. The lowest BCUT2D eigenvalue weighted by atomic mass is 10.2. The highest BCUT2D eigenvalue weighted by molar-refractivity contribution is 6.33. The molecule has 0 aromatic carbocycles. The second kappa shape index (κ2) is 4.37. The minimum Gasteiger partial charge on any atom is -0.478 e. The first kappa shape index (κ1) is 11.9. The van der Waals surface area contributed by atoms with E-state index in [-0.39, 0.29) is 16.4 Å². The van der Waals surface area contributed by atoms with Crippen LogP contribution in [-0.4, -0.2) is 35.7 Å². The van der Waals surface area contributed by atoms with Gasteiger partial charge in [-0.15, -0.1) is 4.68 Å². The summed E-state index contributed by atoms with van der Waals surface area (Å²) in [5.74, 6) is -1.78. The molecule has 0 atom stereocenters. The molecular weight excluding hydrogens is 266 g/mol. The van der Waals surface area contributed by atoms with Gasteiger partial charge in [-0.25, -0.2) is 9.78 Å². The van der Waals surface area contributed by atoms with E-state index in [1.54, 1.807) is 0 Å². The largest absolute Gasteiger partial charge is 0.491 e. The van der Waals surface area contributed by atoms with Gasteiger partial charge in [-0.05, 0) is 4.92 Å². The summed E-state index contributed by atoms with van der Waals surface area (Å²) in [6.45, 7) is 0. The second-order valence-electron chi connectivity index (χ2n) is 3.07. The number of nitrogens with zero attached hydrogens (tertiary/aromatic N) is 5. The Morgan fingerprint density at radius 2 is 2.22 bits per heavy atom. The average Bonchev–Trinajstić information content (AvgIpc) is 2.78. The third-order valence-electron chi connectivity index (χ3n) is 1.95. The smallest absolute Gasteiger partial charge is 0.478 e. The molecule has 2 aromatic heterocycles. The van der Waals surface area contributed by atoms with Gasteiger partial charge >= 0.3 is 11.9 Å². The van der Waals surface area contributed by atoms with Crippen LogP contribution in [0, 0.1) is 10.1 Å². The summed E-state index contributed by atoms with van der Waals surface area (Å²) in [5.41, 5.74) is -0.181. The number of aromatic carboxylic acids is 1. The standard InChI is InChI=1S/C8H4ClN5O4/c9-5-2-10-6(1-4(5)7(15)16)13-3-11-8(12-13)14(17)18/h1-3H,(H,15,16). The van der Waals surface area contributed by atoms with E-state index >= 15 is 0 Å². The Kier molecular flexibility index (Phi) is 2.90. The van der Waals surface area contributed by atoms with Crippen LogP contribution in [0.25, 0.3) is 5.82 Å². The molecular formula is C8H4ClN5O4. The lowest BCUT2D eigenvalue weighted by Gasteiger charge is -2.00. The van der Waals surface area contributed by atoms with Crippen LogP contribution in [0.15, 0.2) is 18.6 Å². The summed E-state index contributed by atoms with van der Waals surface area (Å²) < 4.78 is 0.987. The van der Waals surface area contributed by atoms with Gasteiger partial charge in [0.2, 0.25) is 6.33 Å². The predicted molar refractivity (Wildman–Crippen MR) is 57.8 cm³/mol. The van der Waals surface area contributed by atoms with Crippen molar-refractivity contribution in [2.75, 3.05) is 0 Å². The summed E-state index contributed by atoms with van der Waals surface area (Å²) in [5, 5.41) is 22.7. The van der Waals surface area contributed by atoms with Gasteiger partial charge < -0.3 is 15.2 Å². The molecule has 92 valence electrons. The van der Waals surface area contributed by atoms with Crippen LogP contribution in [0.5, 0.6) is 0 Å². The quantitative estimate of drug-likeness (QED) is 0.649. The van der Waals surface area contributed by atoms with Gasteiger partial charge in [-0.1, -0.05) is 16.6 Å². The first-order valence-electron chi connectivity index (χ1n) is 4.44. The molecule has 9 nitrogen and oxygen atoms in total. The van der Waals surface area contributed by atoms with Gasteiger partial charge in [0.25, 0.3) is 0 Å². The fourth-order valence-corrected chi connectivity index (χ4v) is 1.35. The van der Waals surface area contributed by atoms with E-state index < -0.39 is 16.8 Å². The Morgan fingerprint density at radius 1 is 1.50 bits per heavy atom. The molecule has 18 heavy (non-hydrogen) atoms. The minimum atomic E-state index is -1.24. The molecule has 0 aliphatic heterocycles. The van der Waals surface area contributed by atoms with Crippen LogP contribution >= 0.6 is 11.6 Å². The lowest BCUT2D eigenvalue weighted by molar-refractivity contribution is -0.394. The van der Waals surface area contributed by atoms with Gasteiger partial charge in [0, 0.05) is 17.4 Å². The molecule has 0 spiro atoms. The molecule has 0 aliphatic carbocycles. The number of hydrogen-bond donors (Lipinski definition) is 1. The Hall–Kier alpha value is -2.55. The number of pyridine rings is 1. The summed E-state index contributed by atoms with van der Waals surface area (Å²) >= 11 is 5.64. The number of nitro groups is 1. The highest BCUT2D eigenvalue weighted by Gasteiger charge is 2.17. The van der Waals surface area contributed by atoms with Crippen LogP contribution in [0.2, 0.25) is 5.02 Å². The van der Waals surface area contributed by atoms with E-state index in [1.165, 1.54) is 0 Å². The molecule has 0 unspecified atom stereocenters. The van der Waals surface area contributed by atoms with E-state index in [1.807, 2.05) is 0 Å². The summed E-state index contributed by atoms with van der Waals surface area (Å²) in [4.78, 5) is 27.7. The molecule has 1 N–H and O–H groups in total. The number of carbonyl (C=O) groups is 1. The van der Waals surface area contributed by atoms with Crippen molar-refractivity contribution in [1.29, 1.82) is 0 Å². The van der Waals surface area contributed by atoms with Crippen molar-refractivity contribution in [3.63, 3.8) is 0 Å². The lowest BCUT2D eigenvalue weighted by Crippen LogP contribution is -2.04. The third kappa shape index (κ3) is 2.11. The second-order valence-corrected chi connectivity index (χ2v) is 3.48. The van der Waals surface area contributed by atoms with E-state index in [0.717, 1.165) is 23.3 Å². The van der Waals surface area contributed by atoms with Crippen LogP contribution in [0.1, 0.15) is 10.4 Å². The fraction of sp³-hybridized carbons (Fsp3) is 0. The zero-order valence-corrected chi connectivity index (χ0v) is 9.27. The first-order chi connectivity index (χ1) is 8.49. The maximum Gasteiger partial charge on any atom is 0.491 e. The maximum atomic E-state index is 10.9. The number of aromatic nitrogens is 4. The summed E-state index contributed by atoms with van der Waals surface area (Å²) in [7, 11) is 0. The highest BCUT2D eigenvalue weighted by Crippen LogP contribution is 2.17. The molecule has 0 radical (unpaired) electrons. The van der Waals surface area contributed by atoms with Crippen LogP contribution in [-0.2, 0) is 0 Å². The zero-order chi connectivity index (χ0) is 13.3. The maximum absolute atomic E-state index is 10.9. The molecule has 0 saturated heterocycles. The van der Waals surface area contributed by atoms with E-state index in [2.05, 4.69) is 15.1 Å². The van der Waals surface area contributed by atoms with Gasteiger partial charge in [0.1, 0.15) is 0 Å². The number of carboxylic acids is 1. The van der Waals surface area contributed by atoms with Crippen LogP contribution < -0.4 is 0 Å². The highest BCUT2D eigenvalue weighted by atomic mass is 35.5. The number of halogens is 1. The number of rotatable bonds is 3. The Bertz CT molecular complexity index is 640. The topological polar surface area (TPSA) is 124 Å². The van der Waals surface area contributed by atoms with Crippen molar-refractivity contribution >= 4 is 23.5 Å². The third-order valence-corrected chi connectivity index (χ3v) is 2.25. The van der Waals surface area contributed by atoms with Crippen LogP contribution in [0.4, 0.5) is 5.95 Å². The van der Waals surface area contributed by atoms with Crippen molar-refractivity contribution < 1.29 is 14.8 Å². The first-order valence-corrected chi connectivity index (χ1v) is 4.82. The molecule has 2 aromatic rings. The molecule has 0 saturated carbocycles. The van der Waals surface area contributed by atoms with Gasteiger partial charge in [0.05, 0.1) is 10.6 Å². The van der Waals surface area contributed by atoms with Gasteiger partial charge in [0.15, 0.2) is 5.82 Å². The number of hydrogen-bond acceptors (Lipinski definition) is 6. The SMILES string of the molecule is O=C(O)c1cc(-n2cnc([N+](=O)[O-])n2)ncc1Cl. The van der Waals surface area contributed by atoms with E-state index in [9.17, 15) is 14.9 Å². The minimum absolute atomic E-state index is 0.0409. The zero-order valence-electron chi connectivity index (χ0n) is 8.52. The molecule has 0 bridgehead atoms. The van der Waals surface area contributed by atoms with Crippen molar-refractivity contribution in [3.8, 4) is 5.82 Å². The Balaban J connectivity index is 2.47. The van der Waals surface area contributed by atoms with Gasteiger partial charge in [-0.2, -0.15) is 0 Å². The number of carboxylic acid groups (broad SMARTS) is 1. The predicted octanol–water partition coefficient (Wildman–Crippen LogP) is 0.922. The molecule has 0 amide bonds. The van der Waals surface area contributed by atoms with Crippen molar-refractivity contribution in [2.45, 2.75) is 0 Å². The molecule has 0 fully saturated rings. The summed E-state index contributed by atoms with van der Waals surface area (Å²) in [6, 6.07) is 1.14. The molecule has 2 heterocycles. The molecule has 10 heteroatoms. The monoisotopic (exact) mass is 269 g/mol. The van der Waals surface area contributed by atoms with Crippen LogP contribution in [0.3, 0.4) is 0 Å². The van der Waals surface area contributed by atoms with E-state index in [4.69, 9.17) is 16.7 Å². The average molecular weight is 270 g/mol. The van der Waals surface area contributed by atoms with Crippen molar-refractivity contribution in [3.05, 3.63) is 39.3 Å². The molecule has 0 aliphatic rings. The molecule has 2 rings (SSSR count). The van der Waals surface area contributed by atoms with E-state index in [0.29, 0.717) is 0 Å². The Morgan fingerprint density at radius 3 is 2.78 bits per heavy atom. The Labute approximate surface area is 104 Å². The van der Waals surface area contributed by atoms with Gasteiger partial charge in [-0.3, -0.25) is 0 Å². The van der Waals surface area contributed by atoms with Crippen molar-refractivity contribution in [1.82, 2.24) is 19.7 Å². The fourth-order valence-electron chi connectivity index (χ4n) is 1.17. The summed E-state index contributed by atoms with van der Waals surface area (Å²) in [6.07, 6.45) is 2.17.